The monoisotopic (exact) mass is 1820 g/mol. The van der Waals surface area contributed by atoms with Gasteiger partial charge >= 0.3 is 0 Å². The van der Waals surface area contributed by atoms with Crippen molar-refractivity contribution in [2.45, 2.75) is 169 Å². The summed E-state index contributed by atoms with van der Waals surface area (Å²) in [6.07, 6.45) is 55.3. The van der Waals surface area contributed by atoms with E-state index in [9.17, 15) is 9.18 Å². The lowest BCUT2D eigenvalue weighted by Crippen LogP contribution is -2.25. The first-order chi connectivity index (χ1) is 68.7. The van der Waals surface area contributed by atoms with Gasteiger partial charge in [-0.05, 0) is 447 Å². The van der Waals surface area contributed by atoms with Gasteiger partial charge in [-0.2, -0.15) is 0 Å². The Bertz CT molecular complexity index is 7270. The number of halogens is 1. The van der Waals surface area contributed by atoms with E-state index in [1.54, 1.807) is 45.0 Å². The van der Waals surface area contributed by atoms with Crippen molar-refractivity contribution in [2.75, 3.05) is 7.11 Å². The van der Waals surface area contributed by atoms with Gasteiger partial charge in [-0.1, -0.05) is 303 Å². The fraction of sp³-hybridized carbons (Fsp3) is 0.380. The number of carbonyl (C=O) groups is 1. The van der Waals surface area contributed by atoms with Crippen LogP contribution in [0.4, 0.5) is 4.39 Å². The number of aryl methyl sites for hydroxylation is 3. The molecule has 0 N–H and O–H groups in total. The minimum atomic E-state index is -0.0888. The SMILES string of the molecule is C1=CC2CC1C1CC3(CC21)c1ccccc1-c1ccccc13.COc1cccc2c1C1(CC3C4C=CC(C4)C3C1)c1ccccc1-2.Cc1cccc2c1C1(CC3C4C=CC(C4)C3C1)c1c(C)cccc1-2.Cc1cccc2c1C1(CC3C4C=CC(C4)C3C1)c1ccccc1-2.Fc1ccc2c(c1)C1(CC3C4C=CC(C4)C3C1)c1ccccc1-2.O=Cc1ccc2c(c1)C1(CC3C4C=CC(C4)C3C1)c1ccccc1-2. The number of benzene rings is 12. The van der Waals surface area contributed by atoms with Crippen LogP contribution in [0.3, 0.4) is 0 Å². The Morgan fingerprint density at radius 2 is 0.450 bits per heavy atom. The molecule has 24 atom stereocenters. The molecule has 0 saturated heterocycles. The summed E-state index contributed by atoms with van der Waals surface area (Å²) in [5.41, 5.74) is 42.4. The molecule has 6 spiro atoms. The first kappa shape index (κ1) is 83.1. The Morgan fingerprint density at radius 3 is 0.764 bits per heavy atom. The topological polar surface area (TPSA) is 26.3 Å². The smallest absolute Gasteiger partial charge is 0.150 e. The maximum atomic E-state index is 14.1. The normalized spacial score (nSPS) is 36.3. The molecule has 12 aromatic carbocycles. The Morgan fingerprint density at radius 1 is 0.229 bits per heavy atom. The Balaban J connectivity index is 0.0000000774. The molecular weight excluding hydrogens is 1700 g/mol. The summed E-state index contributed by atoms with van der Waals surface area (Å²) in [6.45, 7) is 7.00. The molecule has 12 saturated carbocycles. The molecule has 12 fully saturated rings. The van der Waals surface area contributed by atoms with E-state index in [0.29, 0.717) is 16.2 Å². The van der Waals surface area contributed by atoms with E-state index in [-0.39, 0.29) is 22.1 Å². The van der Waals surface area contributed by atoms with Crippen LogP contribution >= 0.6 is 0 Å². The molecule has 0 radical (unpaired) electrons. The number of hydrogen-bond donors (Lipinski definition) is 0. The standard InChI is InChI=1S/C24H24.C23H22O.C23H20O.C23H22.C22H19F.C22H20/c1-14-5-3-7-18-19-8-4-6-15(2)23(19)24(22(14)18)12-20-16-9-10-17(11-16)21(20)13-24;1-24-21-8-4-6-17-16-5-2-3-7-20(16)23(22(17)21)12-18-14-9-10-15(11-14)19(18)13-23;24-13-14-5-8-18-17-3-1-2-4-21(17)23(22(18)9-14)11-19-15-6-7-16(10-15)20(19)12-23;1-14-5-4-7-18-17-6-2-3-8-21(17)23(22(14)18)12-19-15-9-10-16(11-15)20(19)13-23;23-15-7-8-17-16-3-1-2-4-20(16)22(21(17)10-15)11-18-13-5-6-14(9-13)19(18)12-22;1-3-7-20-16(5-1)17-6-2-4-8-21(17)22(20)12-18-14-9-10-15(11-14)19(18)13-22/h3-10,16-17,20-21H,11-13H2,1-2H3;2-10,14-15,18-19H,11-13H2,1H3;1-9,13,15-16,19-20H,10-12H2;2-10,15-16,19-20H,11-13H2,1H3;1-8,10,13-14,18-19H,9,11-12H2;1-10,14-15,18-19H,11-13H2. The van der Waals surface area contributed by atoms with Crippen LogP contribution in [0.1, 0.15) is 209 Å². The van der Waals surface area contributed by atoms with Crippen LogP contribution in [0.25, 0.3) is 66.8 Å². The molecule has 0 aromatic heterocycles. The average molecular weight is 1820 g/mol. The van der Waals surface area contributed by atoms with Crippen molar-refractivity contribution in [3.63, 3.8) is 0 Å². The van der Waals surface area contributed by atoms with Crippen LogP contribution in [0, 0.1) is 169 Å². The van der Waals surface area contributed by atoms with Gasteiger partial charge in [-0.15, -0.1) is 0 Å². The highest BCUT2D eigenvalue weighted by Gasteiger charge is 2.67. The summed E-state index contributed by atoms with van der Waals surface area (Å²) in [6, 6.07) is 93.7. The Hall–Kier alpha value is -11.5. The molecule has 0 heterocycles. The molecular formula is C137H127FO2. The second kappa shape index (κ2) is 30.1. The molecule has 3 heteroatoms. The molecule has 140 heavy (non-hydrogen) atoms. The van der Waals surface area contributed by atoms with Gasteiger partial charge in [-0.3, -0.25) is 4.79 Å². The third kappa shape index (κ3) is 11.2. The van der Waals surface area contributed by atoms with Gasteiger partial charge < -0.3 is 4.74 Å². The minimum Gasteiger partial charge on any atom is -0.496 e. The predicted molar refractivity (Wildman–Crippen MR) is 564 cm³/mol. The third-order valence-corrected chi connectivity index (χ3v) is 44.4. The maximum absolute atomic E-state index is 14.1. The lowest BCUT2D eigenvalue weighted by atomic mass is 9.71. The maximum Gasteiger partial charge on any atom is 0.150 e. The van der Waals surface area contributed by atoms with E-state index >= 15 is 0 Å². The number of ether oxygens (including phenoxy) is 1. The molecule has 12 bridgehead atoms. The largest absolute Gasteiger partial charge is 0.496 e. The third-order valence-electron chi connectivity index (χ3n) is 44.4. The number of aldehydes is 1. The number of allylic oxidation sites excluding steroid dienone is 12. The van der Waals surface area contributed by atoms with Crippen LogP contribution in [-0.2, 0) is 32.5 Å². The zero-order valence-electron chi connectivity index (χ0n) is 81.5. The Kier molecular flexibility index (Phi) is 17.8. The second-order valence-electron chi connectivity index (χ2n) is 49.4. The molecule has 36 rings (SSSR count). The molecule has 0 aliphatic heterocycles. The van der Waals surface area contributed by atoms with E-state index in [0.717, 1.165) is 160 Å². The second-order valence-corrected chi connectivity index (χ2v) is 49.4. The zero-order valence-corrected chi connectivity index (χ0v) is 81.5. The first-order valence-electron chi connectivity index (χ1n) is 54.8. The predicted octanol–water partition coefficient (Wildman–Crippen LogP) is 32.0. The number of carbonyl (C=O) groups excluding carboxylic acids is 1. The molecule has 2 nitrogen and oxygen atoms in total. The summed E-state index contributed by atoms with van der Waals surface area (Å²) >= 11 is 0. The highest BCUT2D eigenvalue weighted by atomic mass is 19.1. The first-order valence-corrected chi connectivity index (χ1v) is 54.8. The van der Waals surface area contributed by atoms with Gasteiger partial charge in [-0.25, -0.2) is 4.39 Å². The van der Waals surface area contributed by atoms with Gasteiger partial charge in [0.25, 0.3) is 0 Å². The fourth-order valence-corrected chi connectivity index (χ4v) is 39.8. The van der Waals surface area contributed by atoms with E-state index in [1.807, 2.05) is 25.3 Å². The van der Waals surface area contributed by atoms with E-state index in [4.69, 9.17) is 4.74 Å². The molecule has 0 amide bonds. The van der Waals surface area contributed by atoms with Crippen LogP contribution in [0.2, 0.25) is 0 Å². The molecule has 24 aliphatic carbocycles. The van der Waals surface area contributed by atoms with Gasteiger partial charge in [0.05, 0.1) is 7.11 Å². The van der Waals surface area contributed by atoms with Crippen molar-refractivity contribution < 1.29 is 13.9 Å². The van der Waals surface area contributed by atoms with Crippen molar-refractivity contribution in [1.82, 2.24) is 0 Å². The quantitative estimate of drug-likeness (QED) is 0.127. The van der Waals surface area contributed by atoms with Gasteiger partial charge in [0.15, 0.2) is 0 Å². The van der Waals surface area contributed by atoms with Crippen LogP contribution in [0.15, 0.2) is 328 Å². The van der Waals surface area contributed by atoms with Crippen molar-refractivity contribution in [2.24, 2.45) is 142 Å². The zero-order chi connectivity index (χ0) is 92.5. The summed E-state index contributed by atoms with van der Waals surface area (Å²) < 4.78 is 19.9. The summed E-state index contributed by atoms with van der Waals surface area (Å²) in [7, 11) is 1.83. The van der Waals surface area contributed by atoms with E-state index in [2.05, 4.69) is 324 Å². The summed E-state index contributed by atoms with van der Waals surface area (Å²) in [5, 5.41) is 0. The summed E-state index contributed by atoms with van der Waals surface area (Å²) in [5.74, 6) is 21.5. The molecule has 694 valence electrons. The van der Waals surface area contributed by atoms with Crippen molar-refractivity contribution in [1.29, 1.82) is 0 Å². The lowest BCUT2D eigenvalue weighted by Gasteiger charge is -2.31. The number of rotatable bonds is 2. The van der Waals surface area contributed by atoms with Gasteiger partial charge in [0.2, 0.25) is 0 Å². The highest BCUT2D eigenvalue weighted by molar-refractivity contribution is 5.90. The molecule has 24 aliphatic rings. The van der Waals surface area contributed by atoms with Gasteiger partial charge in [0, 0.05) is 43.6 Å². The minimum absolute atomic E-state index is 0.0618. The average Bonchev–Trinajstić information content (AvgIpc) is 1.52. The number of methoxy groups -OCH3 is 1. The molecule has 24 unspecified atom stereocenters. The van der Waals surface area contributed by atoms with Crippen LogP contribution in [-0.4, -0.2) is 13.4 Å². The van der Waals surface area contributed by atoms with Crippen LogP contribution < -0.4 is 4.74 Å². The number of hydrogen-bond acceptors (Lipinski definition) is 2. The number of fused-ring (bicyclic) bond motifs is 60. The van der Waals surface area contributed by atoms with Crippen molar-refractivity contribution in [3.8, 4) is 72.5 Å². The van der Waals surface area contributed by atoms with E-state index < -0.39 is 0 Å². The Labute approximate surface area is 827 Å². The van der Waals surface area contributed by atoms with Crippen LogP contribution in [0.5, 0.6) is 5.75 Å². The van der Waals surface area contributed by atoms with Gasteiger partial charge in [0.1, 0.15) is 17.9 Å². The van der Waals surface area contributed by atoms with Crippen molar-refractivity contribution in [3.05, 3.63) is 423 Å². The highest BCUT2D eigenvalue weighted by Crippen LogP contribution is 2.76. The van der Waals surface area contributed by atoms with E-state index in [1.165, 1.54) is 227 Å². The molecule has 12 aromatic rings. The van der Waals surface area contributed by atoms with Crippen molar-refractivity contribution >= 4 is 6.29 Å². The summed E-state index contributed by atoms with van der Waals surface area (Å²) in [4.78, 5) is 11.4. The fourth-order valence-electron chi connectivity index (χ4n) is 39.8. The lowest BCUT2D eigenvalue weighted by molar-refractivity contribution is 0.112.